The molecule has 3 amide bonds. The molecule has 0 aliphatic carbocycles. The minimum Gasteiger partial charge on any atom is -0.508 e. The monoisotopic (exact) mass is 457 g/mol. The Balaban J connectivity index is 1.28. The quantitative estimate of drug-likeness (QED) is 0.608. The van der Waals surface area contributed by atoms with E-state index in [0.717, 1.165) is 0 Å². The zero-order valence-electron chi connectivity index (χ0n) is 18.6. The lowest BCUT2D eigenvalue weighted by Crippen LogP contribution is -2.62. The molecule has 0 spiro atoms. The molecule has 3 aromatic rings. The Morgan fingerprint density at radius 3 is 2.65 bits per heavy atom. The number of aromatic nitrogens is 2. The Bertz CT molecular complexity index is 1290. The van der Waals surface area contributed by atoms with Crippen LogP contribution in [0.5, 0.6) is 5.75 Å². The topological polar surface area (TPSA) is 116 Å². The van der Waals surface area contributed by atoms with Crippen molar-refractivity contribution in [3.05, 3.63) is 66.5 Å². The van der Waals surface area contributed by atoms with Gasteiger partial charge in [0.15, 0.2) is 5.82 Å². The SMILES string of the molecule is CC12CCC(=O)N1c1ccccc1C(=O)N2CCC(=O)Nc1cnc(-c2cccc(O)c2)nc1. The van der Waals surface area contributed by atoms with E-state index in [9.17, 15) is 19.5 Å². The second-order valence-electron chi connectivity index (χ2n) is 8.56. The summed E-state index contributed by atoms with van der Waals surface area (Å²) in [7, 11) is 0. The smallest absolute Gasteiger partial charge is 0.257 e. The Kier molecular flexibility index (Phi) is 5.24. The largest absolute Gasteiger partial charge is 0.508 e. The molecule has 2 aliphatic rings. The van der Waals surface area contributed by atoms with E-state index in [-0.39, 0.29) is 36.4 Å². The molecule has 172 valence electrons. The molecule has 0 radical (unpaired) electrons. The molecule has 3 heterocycles. The number of anilines is 2. The molecule has 1 atom stereocenters. The summed E-state index contributed by atoms with van der Waals surface area (Å²) in [5, 5.41) is 12.4. The predicted octanol–water partition coefficient (Wildman–Crippen LogP) is 3.18. The third-order valence-corrected chi connectivity index (χ3v) is 6.35. The van der Waals surface area contributed by atoms with Crippen LogP contribution >= 0.6 is 0 Å². The van der Waals surface area contributed by atoms with Crippen molar-refractivity contribution in [3.63, 3.8) is 0 Å². The number of nitrogens with one attached hydrogen (secondary N) is 1. The van der Waals surface area contributed by atoms with Gasteiger partial charge in [-0.2, -0.15) is 0 Å². The second kappa shape index (κ2) is 8.26. The van der Waals surface area contributed by atoms with Crippen molar-refractivity contribution in [1.82, 2.24) is 14.9 Å². The van der Waals surface area contributed by atoms with E-state index in [4.69, 9.17) is 0 Å². The van der Waals surface area contributed by atoms with Crippen LogP contribution in [0.3, 0.4) is 0 Å². The molecule has 9 nitrogen and oxygen atoms in total. The van der Waals surface area contributed by atoms with Gasteiger partial charge < -0.3 is 15.3 Å². The van der Waals surface area contributed by atoms with Crippen molar-refractivity contribution in [2.24, 2.45) is 0 Å². The molecule has 5 rings (SSSR count). The number of benzene rings is 2. The zero-order chi connectivity index (χ0) is 23.9. The lowest BCUT2D eigenvalue weighted by Gasteiger charge is -2.48. The van der Waals surface area contributed by atoms with Crippen LogP contribution in [-0.4, -0.2) is 49.9 Å². The summed E-state index contributed by atoms with van der Waals surface area (Å²) >= 11 is 0. The number of hydrogen-bond donors (Lipinski definition) is 2. The highest BCUT2D eigenvalue weighted by Crippen LogP contribution is 2.43. The second-order valence-corrected chi connectivity index (χ2v) is 8.56. The fourth-order valence-corrected chi connectivity index (χ4v) is 4.67. The van der Waals surface area contributed by atoms with Crippen LogP contribution in [0.25, 0.3) is 11.4 Å². The first-order valence-electron chi connectivity index (χ1n) is 11.0. The fraction of sp³-hybridized carbons (Fsp3) is 0.240. The van der Waals surface area contributed by atoms with Gasteiger partial charge in [-0.05, 0) is 37.6 Å². The number of nitrogens with zero attached hydrogens (tertiary/aromatic N) is 4. The summed E-state index contributed by atoms with van der Waals surface area (Å²) in [6.07, 6.45) is 3.90. The first-order valence-corrected chi connectivity index (χ1v) is 11.0. The molecule has 34 heavy (non-hydrogen) atoms. The molecule has 1 fully saturated rings. The number of phenols is 1. The van der Waals surface area contributed by atoms with Gasteiger partial charge in [0.2, 0.25) is 11.8 Å². The van der Waals surface area contributed by atoms with Crippen LogP contribution < -0.4 is 10.2 Å². The van der Waals surface area contributed by atoms with Gasteiger partial charge in [0, 0.05) is 24.9 Å². The zero-order valence-corrected chi connectivity index (χ0v) is 18.6. The number of amides is 3. The molecular formula is C25H23N5O4. The number of hydrogen-bond acceptors (Lipinski definition) is 6. The van der Waals surface area contributed by atoms with Crippen LogP contribution in [0.2, 0.25) is 0 Å². The summed E-state index contributed by atoms with van der Waals surface area (Å²) in [5.74, 6) is 0.0337. The van der Waals surface area contributed by atoms with Crippen molar-refractivity contribution < 1.29 is 19.5 Å². The van der Waals surface area contributed by atoms with Gasteiger partial charge in [-0.15, -0.1) is 0 Å². The average molecular weight is 457 g/mol. The third kappa shape index (κ3) is 3.64. The fourth-order valence-electron chi connectivity index (χ4n) is 4.67. The first kappa shape index (κ1) is 21.6. The van der Waals surface area contributed by atoms with Crippen LogP contribution in [0.1, 0.15) is 36.5 Å². The molecule has 0 bridgehead atoms. The standard InChI is InChI=1S/C25H23N5O4/c1-25-11-9-22(33)30(25)20-8-3-2-7-19(20)24(34)29(25)12-10-21(32)28-17-14-26-23(27-15-17)16-5-4-6-18(31)13-16/h2-8,13-15,31H,9-12H2,1H3,(H,28,32). The van der Waals surface area contributed by atoms with Crippen molar-refractivity contribution in [1.29, 1.82) is 0 Å². The molecule has 1 unspecified atom stereocenters. The van der Waals surface area contributed by atoms with E-state index >= 15 is 0 Å². The Labute approximate surface area is 196 Å². The molecule has 2 N–H and O–H groups in total. The van der Waals surface area contributed by atoms with Gasteiger partial charge in [-0.1, -0.05) is 24.3 Å². The summed E-state index contributed by atoms with van der Waals surface area (Å²) in [6.45, 7) is 2.04. The summed E-state index contributed by atoms with van der Waals surface area (Å²) < 4.78 is 0. The number of phenolic OH excluding ortho intramolecular Hbond substituents is 1. The maximum absolute atomic E-state index is 13.3. The Hall–Kier alpha value is -4.27. The number of para-hydroxylation sites is 1. The van der Waals surface area contributed by atoms with Crippen molar-refractivity contribution in [3.8, 4) is 17.1 Å². The first-order chi connectivity index (χ1) is 16.4. The lowest BCUT2D eigenvalue weighted by atomic mass is 9.98. The van der Waals surface area contributed by atoms with Crippen molar-refractivity contribution in [2.45, 2.75) is 31.8 Å². The molecular weight excluding hydrogens is 434 g/mol. The van der Waals surface area contributed by atoms with Gasteiger partial charge in [0.05, 0.1) is 29.3 Å². The maximum Gasteiger partial charge on any atom is 0.257 e. The molecule has 1 saturated heterocycles. The minimum atomic E-state index is -0.797. The van der Waals surface area contributed by atoms with Crippen molar-refractivity contribution in [2.75, 3.05) is 16.8 Å². The summed E-state index contributed by atoms with van der Waals surface area (Å²) in [5.41, 5.74) is 1.38. The normalized spacial score (nSPS) is 19.1. The minimum absolute atomic E-state index is 0.0270. The van der Waals surface area contributed by atoms with Gasteiger partial charge in [-0.25, -0.2) is 9.97 Å². The molecule has 2 aliphatic heterocycles. The maximum atomic E-state index is 13.3. The van der Waals surface area contributed by atoms with Gasteiger partial charge in [0.25, 0.3) is 5.91 Å². The Morgan fingerprint density at radius 1 is 1.12 bits per heavy atom. The van der Waals surface area contributed by atoms with Crippen LogP contribution in [-0.2, 0) is 9.59 Å². The average Bonchev–Trinajstić information content (AvgIpc) is 3.14. The molecule has 9 heteroatoms. The predicted molar refractivity (Wildman–Crippen MR) is 125 cm³/mol. The Morgan fingerprint density at radius 2 is 1.88 bits per heavy atom. The van der Waals surface area contributed by atoms with Gasteiger partial charge >= 0.3 is 0 Å². The van der Waals surface area contributed by atoms with E-state index in [1.54, 1.807) is 52.3 Å². The molecule has 1 aromatic heterocycles. The highest BCUT2D eigenvalue weighted by Gasteiger charge is 2.52. The highest BCUT2D eigenvalue weighted by atomic mass is 16.3. The van der Waals surface area contributed by atoms with E-state index in [1.807, 2.05) is 13.0 Å². The highest BCUT2D eigenvalue weighted by molar-refractivity contribution is 6.10. The van der Waals surface area contributed by atoms with E-state index in [1.165, 1.54) is 12.4 Å². The van der Waals surface area contributed by atoms with E-state index < -0.39 is 5.66 Å². The van der Waals surface area contributed by atoms with E-state index in [0.29, 0.717) is 41.2 Å². The lowest BCUT2D eigenvalue weighted by molar-refractivity contribution is -0.117. The summed E-state index contributed by atoms with van der Waals surface area (Å²) in [6, 6.07) is 13.7. The van der Waals surface area contributed by atoms with Crippen LogP contribution in [0.4, 0.5) is 11.4 Å². The van der Waals surface area contributed by atoms with Gasteiger partial charge in [-0.3, -0.25) is 19.3 Å². The van der Waals surface area contributed by atoms with Crippen LogP contribution in [0.15, 0.2) is 60.9 Å². The number of carbonyl (C=O) groups excluding carboxylic acids is 3. The number of aromatic hydroxyl groups is 1. The molecule has 2 aromatic carbocycles. The third-order valence-electron chi connectivity index (χ3n) is 6.35. The van der Waals surface area contributed by atoms with Crippen LogP contribution in [0, 0.1) is 0 Å². The summed E-state index contributed by atoms with van der Waals surface area (Å²) in [4.78, 5) is 50.4. The number of carbonyl (C=O) groups is 3. The molecule has 0 saturated carbocycles. The van der Waals surface area contributed by atoms with Crippen molar-refractivity contribution >= 4 is 29.1 Å². The van der Waals surface area contributed by atoms with E-state index in [2.05, 4.69) is 15.3 Å². The van der Waals surface area contributed by atoms with Gasteiger partial charge in [0.1, 0.15) is 11.4 Å². The number of fused-ring (bicyclic) bond motifs is 3. The number of rotatable bonds is 5.